The van der Waals surface area contributed by atoms with E-state index in [-0.39, 0.29) is 11.4 Å². The van der Waals surface area contributed by atoms with Crippen LogP contribution in [0.15, 0.2) is 58.4 Å². The maximum Gasteiger partial charge on any atom is 0.416 e. The Morgan fingerprint density at radius 3 is 2.21 bits per heavy atom. The third-order valence-electron chi connectivity index (χ3n) is 6.93. The van der Waals surface area contributed by atoms with Crippen molar-refractivity contribution in [1.82, 2.24) is 14.1 Å². The molecule has 2 heterocycles. The van der Waals surface area contributed by atoms with Crippen LogP contribution in [0, 0.1) is 0 Å². The molecule has 0 N–H and O–H groups in total. The third kappa shape index (κ3) is 4.40. The van der Waals surface area contributed by atoms with E-state index >= 15 is 0 Å². The molecule has 34 heavy (non-hydrogen) atoms. The van der Waals surface area contributed by atoms with Gasteiger partial charge in [0.25, 0.3) is 10.0 Å². The summed E-state index contributed by atoms with van der Waals surface area (Å²) in [6, 6.07) is 11.7. The zero-order valence-corrected chi connectivity index (χ0v) is 19.5. The predicted molar refractivity (Wildman–Crippen MR) is 124 cm³/mol. The first-order valence-corrected chi connectivity index (χ1v) is 13.0. The summed E-state index contributed by atoms with van der Waals surface area (Å²) >= 11 is 0. The molecule has 1 aliphatic carbocycles. The molecule has 1 saturated heterocycles. The Kier molecular flexibility index (Phi) is 6.05. The molecule has 10 heteroatoms. The highest BCUT2D eigenvalue weighted by Gasteiger charge is 2.36. The van der Waals surface area contributed by atoms with Gasteiger partial charge in [0.2, 0.25) is 5.96 Å². The van der Waals surface area contributed by atoms with Crippen LogP contribution in [-0.2, 0) is 16.2 Å². The fraction of sp³-hybridized carbons (Fsp3) is 0.458. The van der Waals surface area contributed by atoms with E-state index in [4.69, 9.17) is 0 Å². The Balaban J connectivity index is 1.31. The van der Waals surface area contributed by atoms with Gasteiger partial charge in [-0.05, 0) is 48.2 Å². The molecule has 0 unspecified atom stereocenters. The van der Waals surface area contributed by atoms with E-state index in [1.165, 1.54) is 41.8 Å². The number of piperazine rings is 1. The van der Waals surface area contributed by atoms with Crippen LogP contribution in [0.3, 0.4) is 0 Å². The average molecular weight is 493 g/mol. The maximum atomic E-state index is 13.4. The molecule has 5 rings (SSSR count). The van der Waals surface area contributed by atoms with E-state index in [1.54, 1.807) is 18.2 Å². The molecule has 2 aliphatic heterocycles. The lowest BCUT2D eigenvalue weighted by atomic mass is 9.91. The van der Waals surface area contributed by atoms with Gasteiger partial charge in [0, 0.05) is 32.2 Å². The fourth-order valence-corrected chi connectivity index (χ4v) is 6.21. The van der Waals surface area contributed by atoms with Crippen molar-refractivity contribution in [3.05, 3.63) is 54.1 Å². The first-order valence-electron chi connectivity index (χ1n) is 11.6. The topological polar surface area (TPSA) is 56.2 Å². The molecule has 0 aromatic heterocycles. The largest absolute Gasteiger partial charge is 0.416 e. The summed E-state index contributed by atoms with van der Waals surface area (Å²) in [4.78, 5) is 9.14. The number of hydrogen-bond donors (Lipinski definition) is 0. The minimum Gasteiger partial charge on any atom is -0.339 e. The lowest BCUT2D eigenvalue weighted by Crippen LogP contribution is -2.56. The number of aliphatic imine (C=N–C) groups is 1. The van der Waals surface area contributed by atoms with Crippen LogP contribution in [0.4, 0.5) is 13.2 Å². The molecule has 0 spiro atoms. The van der Waals surface area contributed by atoms with Gasteiger partial charge in [0.15, 0.2) is 0 Å². The SMILES string of the molecule is O=S(=O)(c1ccc(-c2cccc(C(F)(F)F)c2)cc1)N1CCN=C1N1CCN(C2CCC2)CC1. The zero-order valence-electron chi connectivity index (χ0n) is 18.7. The van der Waals surface area contributed by atoms with Crippen molar-refractivity contribution in [2.24, 2.45) is 4.99 Å². The second-order valence-corrected chi connectivity index (χ2v) is 10.8. The maximum absolute atomic E-state index is 13.4. The molecule has 0 bridgehead atoms. The van der Waals surface area contributed by atoms with Gasteiger partial charge in [-0.3, -0.25) is 9.89 Å². The minimum atomic E-state index is -4.44. The standard InChI is InChI=1S/C24H27F3N4O2S/c25-24(26,27)20-4-1-3-19(17-20)18-7-9-22(10-8-18)34(32,33)31-12-11-28-23(31)30-15-13-29(14-16-30)21-5-2-6-21/h1,3-4,7-10,17,21H,2,5-6,11-16H2. The number of hydrogen-bond acceptors (Lipinski definition) is 5. The number of sulfonamides is 1. The smallest absolute Gasteiger partial charge is 0.339 e. The quantitative estimate of drug-likeness (QED) is 0.650. The first-order chi connectivity index (χ1) is 16.2. The molecule has 0 atom stereocenters. The number of rotatable bonds is 4. The van der Waals surface area contributed by atoms with E-state index in [0.29, 0.717) is 29.7 Å². The molecule has 1 saturated carbocycles. The third-order valence-corrected chi connectivity index (χ3v) is 8.73. The average Bonchev–Trinajstić information content (AvgIpc) is 3.29. The molecule has 3 aliphatic rings. The number of benzene rings is 2. The summed E-state index contributed by atoms with van der Waals surface area (Å²) in [6.07, 6.45) is -0.653. The highest BCUT2D eigenvalue weighted by atomic mass is 32.2. The Morgan fingerprint density at radius 2 is 1.59 bits per heavy atom. The number of alkyl halides is 3. The summed E-state index contributed by atoms with van der Waals surface area (Å²) in [5.74, 6) is 0.496. The van der Waals surface area contributed by atoms with Crippen LogP contribution < -0.4 is 0 Å². The van der Waals surface area contributed by atoms with E-state index in [2.05, 4.69) is 14.8 Å². The van der Waals surface area contributed by atoms with Gasteiger partial charge in [-0.15, -0.1) is 0 Å². The molecule has 6 nitrogen and oxygen atoms in total. The number of halogens is 3. The molecule has 2 aromatic rings. The van der Waals surface area contributed by atoms with Gasteiger partial charge in [0.05, 0.1) is 23.5 Å². The van der Waals surface area contributed by atoms with Crippen LogP contribution in [0.2, 0.25) is 0 Å². The molecular formula is C24H27F3N4O2S. The van der Waals surface area contributed by atoms with Crippen molar-refractivity contribution in [2.75, 3.05) is 39.3 Å². The van der Waals surface area contributed by atoms with Crippen molar-refractivity contribution in [3.8, 4) is 11.1 Å². The monoisotopic (exact) mass is 492 g/mol. The van der Waals surface area contributed by atoms with Crippen LogP contribution in [0.1, 0.15) is 24.8 Å². The van der Waals surface area contributed by atoms with Gasteiger partial charge in [0.1, 0.15) is 0 Å². The lowest BCUT2D eigenvalue weighted by Gasteiger charge is -2.44. The summed E-state index contributed by atoms with van der Waals surface area (Å²) in [5, 5.41) is 0. The zero-order chi connectivity index (χ0) is 23.9. The normalized spacial score (nSPS) is 20.4. The van der Waals surface area contributed by atoms with E-state index in [0.717, 1.165) is 38.3 Å². The molecule has 182 valence electrons. The highest BCUT2D eigenvalue weighted by Crippen LogP contribution is 2.33. The van der Waals surface area contributed by atoms with Crippen LogP contribution in [0.5, 0.6) is 0 Å². The van der Waals surface area contributed by atoms with E-state index < -0.39 is 21.8 Å². The van der Waals surface area contributed by atoms with Crippen LogP contribution >= 0.6 is 0 Å². The number of guanidine groups is 1. The van der Waals surface area contributed by atoms with Crippen molar-refractivity contribution >= 4 is 16.0 Å². The van der Waals surface area contributed by atoms with Crippen LogP contribution in [-0.4, -0.2) is 73.8 Å². The Labute approximate surface area is 197 Å². The molecule has 2 aromatic carbocycles. The predicted octanol–water partition coefficient (Wildman–Crippen LogP) is 3.90. The first kappa shape index (κ1) is 23.2. The Bertz CT molecular complexity index is 1170. The van der Waals surface area contributed by atoms with Gasteiger partial charge >= 0.3 is 6.18 Å². The Hall–Kier alpha value is -2.59. The van der Waals surface area contributed by atoms with Gasteiger partial charge in [-0.2, -0.15) is 13.2 Å². The molecular weight excluding hydrogens is 465 g/mol. The Morgan fingerprint density at radius 1 is 0.882 bits per heavy atom. The summed E-state index contributed by atoms with van der Waals surface area (Å²) in [5.41, 5.74) is 0.163. The van der Waals surface area contributed by atoms with Crippen molar-refractivity contribution in [2.45, 2.75) is 36.4 Å². The fourth-order valence-electron chi connectivity index (χ4n) is 4.77. The molecule has 0 amide bonds. The summed E-state index contributed by atoms with van der Waals surface area (Å²) < 4.78 is 67.3. The van der Waals surface area contributed by atoms with Gasteiger partial charge in [-0.1, -0.05) is 30.7 Å². The lowest BCUT2D eigenvalue weighted by molar-refractivity contribution is -0.137. The summed E-state index contributed by atoms with van der Waals surface area (Å²) in [6.45, 7) is 4.01. The second-order valence-electron chi connectivity index (χ2n) is 8.97. The van der Waals surface area contributed by atoms with E-state index in [9.17, 15) is 21.6 Å². The van der Waals surface area contributed by atoms with Crippen LogP contribution in [0.25, 0.3) is 11.1 Å². The minimum absolute atomic E-state index is 0.103. The van der Waals surface area contributed by atoms with Crippen molar-refractivity contribution in [3.63, 3.8) is 0 Å². The summed E-state index contributed by atoms with van der Waals surface area (Å²) in [7, 11) is -3.82. The van der Waals surface area contributed by atoms with Gasteiger partial charge < -0.3 is 4.90 Å². The second kappa shape index (κ2) is 8.88. The molecule has 2 fully saturated rings. The van der Waals surface area contributed by atoms with Crippen molar-refractivity contribution < 1.29 is 21.6 Å². The molecule has 0 radical (unpaired) electrons. The number of nitrogens with zero attached hydrogens (tertiary/aromatic N) is 4. The highest BCUT2D eigenvalue weighted by molar-refractivity contribution is 7.89. The van der Waals surface area contributed by atoms with Gasteiger partial charge in [-0.25, -0.2) is 12.7 Å². The van der Waals surface area contributed by atoms with E-state index in [1.807, 2.05) is 0 Å². The van der Waals surface area contributed by atoms with Crippen molar-refractivity contribution in [1.29, 1.82) is 0 Å².